The second kappa shape index (κ2) is 12.0. The largest absolute Gasteiger partial charge is 0.494 e. The molecule has 2 aliphatic rings. The fraction of sp³-hybridized carbons (Fsp3) is 0.696. The topological polar surface area (TPSA) is 55.3 Å². The summed E-state index contributed by atoms with van der Waals surface area (Å²) in [4.78, 5) is 7.24. The fourth-order valence-corrected chi connectivity index (χ4v) is 3.93. The minimum absolute atomic E-state index is 0.297. The van der Waals surface area contributed by atoms with Gasteiger partial charge in [0.25, 0.3) is 0 Å². The van der Waals surface area contributed by atoms with Gasteiger partial charge < -0.3 is 24.4 Å². The molecule has 0 saturated carbocycles. The standard InChI is InChI=1S/C23H37N3O3/c1-3-24-23(25-17-19-9-5-6-11-22(19)27-4-2)26-14-12-20(13-15-26)29-18-21-10-7-8-16-28-21/h5-6,9,11,20-21H,3-4,7-8,10,12-18H2,1-2H3,(H,24,25). The number of ether oxygens (including phenoxy) is 3. The van der Waals surface area contributed by atoms with Crippen LogP contribution in [0.2, 0.25) is 0 Å². The van der Waals surface area contributed by atoms with E-state index in [1.807, 2.05) is 25.1 Å². The highest BCUT2D eigenvalue weighted by molar-refractivity contribution is 5.80. The lowest BCUT2D eigenvalue weighted by atomic mass is 10.1. The number of para-hydroxylation sites is 1. The van der Waals surface area contributed by atoms with Crippen LogP contribution in [0.25, 0.3) is 0 Å². The molecule has 162 valence electrons. The predicted octanol–water partition coefficient (Wildman–Crippen LogP) is 3.60. The molecule has 2 saturated heterocycles. The first kappa shape index (κ1) is 21.9. The van der Waals surface area contributed by atoms with E-state index in [1.165, 1.54) is 12.8 Å². The van der Waals surface area contributed by atoms with Crippen LogP contribution in [0, 0.1) is 0 Å². The van der Waals surface area contributed by atoms with Crippen LogP contribution in [0.15, 0.2) is 29.3 Å². The predicted molar refractivity (Wildman–Crippen MR) is 117 cm³/mol. The van der Waals surface area contributed by atoms with Gasteiger partial charge in [-0.3, -0.25) is 0 Å². The molecule has 0 aliphatic carbocycles. The zero-order chi connectivity index (χ0) is 20.3. The molecule has 1 aromatic rings. The highest BCUT2D eigenvalue weighted by atomic mass is 16.5. The highest BCUT2D eigenvalue weighted by Crippen LogP contribution is 2.20. The van der Waals surface area contributed by atoms with Gasteiger partial charge in [0.15, 0.2) is 5.96 Å². The number of nitrogens with one attached hydrogen (secondary N) is 1. The second-order valence-corrected chi connectivity index (χ2v) is 7.72. The summed E-state index contributed by atoms with van der Waals surface area (Å²) < 4.78 is 17.7. The van der Waals surface area contributed by atoms with Crippen LogP contribution in [0.4, 0.5) is 0 Å². The average Bonchev–Trinajstić information content (AvgIpc) is 2.77. The average molecular weight is 404 g/mol. The number of nitrogens with zero attached hydrogens (tertiary/aromatic N) is 2. The van der Waals surface area contributed by atoms with Gasteiger partial charge in [0.1, 0.15) is 5.75 Å². The van der Waals surface area contributed by atoms with Crippen molar-refractivity contribution in [3.8, 4) is 5.75 Å². The Balaban J connectivity index is 1.50. The molecule has 1 atom stereocenters. The lowest BCUT2D eigenvalue weighted by Crippen LogP contribution is -2.47. The van der Waals surface area contributed by atoms with Gasteiger partial charge in [0, 0.05) is 31.8 Å². The van der Waals surface area contributed by atoms with Crippen LogP contribution in [-0.2, 0) is 16.0 Å². The van der Waals surface area contributed by atoms with Crippen molar-refractivity contribution in [2.75, 3.05) is 39.5 Å². The quantitative estimate of drug-likeness (QED) is 0.531. The Hall–Kier alpha value is -1.79. The minimum Gasteiger partial charge on any atom is -0.494 e. The van der Waals surface area contributed by atoms with E-state index < -0.39 is 0 Å². The molecule has 3 rings (SSSR count). The zero-order valence-corrected chi connectivity index (χ0v) is 18.1. The molecule has 0 spiro atoms. The number of piperidine rings is 1. The number of aliphatic imine (C=N–C) groups is 1. The number of guanidine groups is 1. The Labute approximate surface area is 175 Å². The summed E-state index contributed by atoms with van der Waals surface area (Å²) in [6.45, 7) is 9.84. The Kier molecular flexibility index (Phi) is 9.09. The Morgan fingerprint density at radius 2 is 2.00 bits per heavy atom. The maximum absolute atomic E-state index is 6.15. The summed E-state index contributed by atoms with van der Waals surface area (Å²) in [6.07, 6.45) is 6.29. The van der Waals surface area contributed by atoms with Gasteiger partial charge >= 0.3 is 0 Å². The van der Waals surface area contributed by atoms with Crippen molar-refractivity contribution in [3.63, 3.8) is 0 Å². The number of hydrogen-bond donors (Lipinski definition) is 1. The van der Waals surface area contributed by atoms with Gasteiger partial charge in [0.05, 0.1) is 32.0 Å². The molecule has 1 N–H and O–H groups in total. The molecular weight excluding hydrogens is 366 g/mol. The molecule has 0 bridgehead atoms. The van der Waals surface area contributed by atoms with Crippen molar-refractivity contribution in [3.05, 3.63) is 29.8 Å². The third-order valence-electron chi connectivity index (χ3n) is 5.54. The third-order valence-corrected chi connectivity index (χ3v) is 5.54. The molecule has 6 nitrogen and oxygen atoms in total. The van der Waals surface area contributed by atoms with E-state index in [0.717, 1.165) is 69.4 Å². The van der Waals surface area contributed by atoms with Gasteiger partial charge in [-0.1, -0.05) is 18.2 Å². The van der Waals surface area contributed by atoms with Crippen LogP contribution in [0.5, 0.6) is 5.75 Å². The van der Waals surface area contributed by atoms with E-state index >= 15 is 0 Å². The van der Waals surface area contributed by atoms with E-state index in [0.29, 0.717) is 25.4 Å². The van der Waals surface area contributed by atoms with Gasteiger partial charge in [-0.2, -0.15) is 0 Å². The molecule has 1 aromatic carbocycles. The van der Waals surface area contributed by atoms with Gasteiger partial charge in [-0.05, 0) is 52.0 Å². The summed E-state index contributed by atoms with van der Waals surface area (Å²) in [7, 11) is 0. The number of hydrogen-bond acceptors (Lipinski definition) is 4. The normalized spacial score (nSPS) is 21.2. The molecule has 0 aromatic heterocycles. The first-order valence-electron chi connectivity index (χ1n) is 11.3. The minimum atomic E-state index is 0.297. The van der Waals surface area contributed by atoms with Crippen molar-refractivity contribution in [2.24, 2.45) is 4.99 Å². The van der Waals surface area contributed by atoms with E-state index in [9.17, 15) is 0 Å². The molecule has 0 radical (unpaired) electrons. The molecule has 2 heterocycles. The summed E-state index contributed by atoms with van der Waals surface area (Å²) in [5.41, 5.74) is 1.12. The summed E-state index contributed by atoms with van der Waals surface area (Å²) in [6, 6.07) is 8.15. The zero-order valence-electron chi connectivity index (χ0n) is 18.1. The lowest BCUT2D eigenvalue weighted by Gasteiger charge is -2.35. The van der Waals surface area contributed by atoms with Crippen molar-refractivity contribution < 1.29 is 14.2 Å². The summed E-state index contributed by atoms with van der Waals surface area (Å²) in [5.74, 6) is 1.90. The van der Waals surface area contributed by atoms with E-state index in [2.05, 4.69) is 23.2 Å². The van der Waals surface area contributed by atoms with Crippen LogP contribution in [0.1, 0.15) is 51.5 Å². The fourth-order valence-electron chi connectivity index (χ4n) is 3.93. The SMILES string of the molecule is CCNC(=NCc1ccccc1OCC)N1CCC(OCC2CCCCO2)CC1. The number of rotatable bonds is 8. The Morgan fingerprint density at radius 1 is 1.17 bits per heavy atom. The maximum atomic E-state index is 6.15. The monoisotopic (exact) mass is 403 g/mol. The maximum Gasteiger partial charge on any atom is 0.194 e. The number of benzene rings is 1. The van der Waals surface area contributed by atoms with Crippen LogP contribution in [-0.4, -0.2) is 62.5 Å². The van der Waals surface area contributed by atoms with E-state index in [4.69, 9.17) is 19.2 Å². The van der Waals surface area contributed by atoms with Gasteiger partial charge in [-0.25, -0.2) is 4.99 Å². The first-order chi connectivity index (χ1) is 14.3. The van der Waals surface area contributed by atoms with Crippen LogP contribution < -0.4 is 10.1 Å². The molecule has 1 unspecified atom stereocenters. The Bertz CT molecular complexity index is 624. The third kappa shape index (κ3) is 6.89. The molecule has 2 aliphatic heterocycles. The molecule has 0 amide bonds. The number of likely N-dealkylation sites (tertiary alicyclic amines) is 1. The van der Waals surface area contributed by atoms with E-state index in [1.54, 1.807) is 0 Å². The molecule has 6 heteroatoms. The van der Waals surface area contributed by atoms with Crippen LogP contribution >= 0.6 is 0 Å². The molecular formula is C23H37N3O3. The lowest BCUT2D eigenvalue weighted by molar-refractivity contribution is -0.0721. The first-order valence-corrected chi connectivity index (χ1v) is 11.3. The Morgan fingerprint density at radius 3 is 2.72 bits per heavy atom. The van der Waals surface area contributed by atoms with Crippen LogP contribution in [0.3, 0.4) is 0 Å². The summed E-state index contributed by atoms with van der Waals surface area (Å²) >= 11 is 0. The van der Waals surface area contributed by atoms with E-state index in [-0.39, 0.29) is 0 Å². The molecule has 29 heavy (non-hydrogen) atoms. The molecule has 2 fully saturated rings. The highest BCUT2D eigenvalue weighted by Gasteiger charge is 2.23. The van der Waals surface area contributed by atoms with Gasteiger partial charge in [0.2, 0.25) is 0 Å². The van der Waals surface area contributed by atoms with Crippen molar-refractivity contribution in [1.82, 2.24) is 10.2 Å². The van der Waals surface area contributed by atoms with Crippen molar-refractivity contribution in [2.45, 2.75) is 64.7 Å². The smallest absolute Gasteiger partial charge is 0.194 e. The summed E-state index contributed by atoms with van der Waals surface area (Å²) in [5, 5.41) is 3.45. The second-order valence-electron chi connectivity index (χ2n) is 7.72. The van der Waals surface area contributed by atoms with Crippen molar-refractivity contribution in [1.29, 1.82) is 0 Å². The van der Waals surface area contributed by atoms with Gasteiger partial charge in [-0.15, -0.1) is 0 Å². The van der Waals surface area contributed by atoms with Crippen molar-refractivity contribution >= 4 is 5.96 Å².